The lowest BCUT2D eigenvalue weighted by molar-refractivity contribution is -0.179. The van der Waals surface area contributed by atoms with Gasteiger partial charge in [0.15, 0.2) is 5.78 Å². The van der Waals surface area contributed by atoms with E-state index in [-0.39, 0.29) is 39.6 Å². The number of allylic oxidation sites excluding steroid dienone is 4. The van der Waals surface area contributed by atoms with Gasteiger partial charge in [-0.2, -0.15) is 0 Å². The zero-order valence-electron chi connectivity index (χ0n) is 23.9. The van der Waals surface area contributed by atoms with Crippen LogP contribution < -0.4 is 0 Å². The van der Waals surface area contributed by atoms with E-state index in [0.29, 0.717) is 11.7 Å². The van der Waals surface area contributed by atoms with Gasteiger partial charge in [-0.25, -0.2) is 0 Å². The number of carbonyl (C=O) groups is 1. The maximum absolute atomic E-state index is 14.5. The van der Waals surface area contributed by atoms with E-state index in [2.05, 4.69) is 50.9 Å². The van der Waals surface area contributed by atoms with Crippen molar-refractivity contribution in [1.82, 2.24) is 4.90 Å². The average Bonchev–Trinajstić information content (AvgIpc) is 3.14. The van der Waals surface area contributed by atoms with Gasteiger partial charge in [-0.15, -0.1) is 0 Å². The predicted molar refractivity (Wildman–Crippen MR) is 148 cm³/mol. The predicted octanol–water partition coefficient (Wildman–Crippen LogP) is 6.07. The molecule has 8 atom stereocenters. The van der Waals surface area contributed by atoms with E-state index in [1.165, 1.54) is 19.3 Å². The van der Waals surface area contributed by atoms with Crippen molar-refractivity contribution < 1.29 is 15.0 Å². The fraction of sp³-hybridized carbons (Fsp3) is 0.848. The molecule has 0 aromatic carbocycles. The Morgan fingerprint density at radius 3 is 2.38 bits per heavy atom. The number of aliphatic hydroxyl groups is 2. The van der Waals surface area contributed by atoms with Crippen LogP contribution in [0.4, 0.5) is 0 Å². The number of aliphatic hydroxyl groups excluding tert-OH is 1. The molecule has 4 saturated carbocycles. The molecule has 4 fully saturated rings. The van der Waals surface area contributed by atoms with Gasteiger partial charge in [0, 0.05) is 34.3 Å². The molecule has 0 radical (unpaired) electrons. The SMILES string of the molecule is CCCN(C)CC1(O)CCC2C34C=CC5(C=C3C(=O)C3CCCCC3)CC(O)CCC5(C)C4CCC21C. The molecule has 2 bridgehead atoms. The Morgan fingerprint density at radius 2 is 1.65 bits per heavy atom. The summed E-state index contributed by atoms with van der Waals surface area (Å²) >= 11 is 0. The Balaban J connectivity index is 1.47. The summed E-state index contributed by atoms with van der Waals surface area (Å²) in [6.45, 7) is 8.79. The molecule has 7 aliphatic rings. The summed E-state index contributed by atoms with van der Waals surface area (Å²) in [5.74, 6) is 1.27. The molecule has 0 amide bonds. The van der Waals surface area contributed by atoms with Gasteiger partial charge in [-0.3, -0.25) is 4.79 Å². The fourth-order valence-electron chi connectivity index (χ4n) is 11.1. The Morgan fingerprint density at radius 1 is 0.973 bits per heavy atom. The van der Waals surface area contributed by atoms with Crippen molar-refractivity contribution >= 4 is 5.78 Å². The third kappa shape index (κ3) is 3.40. The van der Waals surface area contributed by atoms with Gasteiger partial charge in [0.1, 0.15) is 0 Å². The quantitative estimate of drug-likeness (QED) is 0.427. The summed E-state index contributed by atoms with van der Waals surface area (Å²) in [7, 11) is 2.16. The molecule has 8 unspecified atom stereocenters. The van der Waals surface area contributed by atoms with Crippen LogP contribution in [0, 0.1) is 39.4 Å². The zero-order chi connectivity index (χ0) is 26.3. The normalized spacial score (nSPS) is 48.9. The highest BCUT2D eigenvalue weighted by Crippen LogP contribution is 2.78. The van der Waals surface area contributed by atoms with Crippen LogP contribution in [0.3, 0.4) is 0 Å². The lowest BCUT2D eigenvalue weighted by Gasteiger charge is -2.71. The minimum absolute atomic E-state index is 0.0678. The summed E-state index contributed by atoms with van der Waals surface area (Å²) in [5.41, 5.74) is -0.235. The van der Waals surface area contributed by atoms with Gasteiger partial charge < -0.3 is 15.1 Å². The largest absolute Gasteiger partial charge is 0.393 e. The van der Waals surface area contributed by atoms with E-state index in [1.54, 1.807) is 0 Å². The number of ketones is 1. The molecule has 37 heavy (non-hydrogen) atoms. The number of likely N-dealkylation sites (N-methyl/N-ethyl adjacent to an activating group) is 1. The first kappa shape index (κ1) is 26.3. The lowest BCUT2D eigenvalue weighted by Crippen LogP contribution is -2.67. The second-order valence-corrected chi connectivity index (χ2v) is 14.7. The van der Waals surface area contributed by atoms with E-state index in [4.69, 9.17) is 0 Å². The molecule has 0 aliphatic heterocycles. The highest BCUT2D eigenvalue weighted by Gasteiger charge is 2.74. The molecule has 206 valence electrons. The summed E-state index contributed by atoms with van der Waals surface area (Å²) in [4.78, 5) is 16.9. The van der Waals surface area contributed by atoms with Crippen molar-refractivity contribution in [3.05, 3.63) is 23.8 Å². The van der Waals surface area contributed by atoms with Crippen molar-refractivity contribution in [3.8, 4) is 0 Å². The standard InChI is InChI=1S/C33H51NO3/c1-5-19-34(4)22-32(37)16-13-27-30(32,3)15-12-26-29(2)14-11-24(35)20-31(29)17-18-33(26,27)25(21-31)28(36)23-9-7-6-8-10-23/h17-18,21,23-24,26-27,35,37H,5-16,19-20,22H2,1-4H3. The van der Waals surface area contributed by atoms with E-state index in [9.17, 15) is 15.0 Å². The van der Waals surface area contributed by atoms with E-state index >= 15 is 0 Å². The van der Waals surface area contributed by atoms with E-state index in [1.807, 2.05) is 0 Å². The fourth-order valence-corrected chi connectivity index (χ4v) is 11.1. The van der Waals surface area contributed by atoms with E-state index in [0.717, 1.165) is 82.9 Å². The van der Waals surface area contributed by atoms with Crippen LogP contribution in [0.15, 0.2) is 23.8 Å². The molecule has 7 aliphatic carbocycles. The third-order valence-corrected chi connectivity index (χ3v) is 13.1. The monoisotopic (exact) mass is 509 g/mol. The van der Waals surface area contributed by atoms with Gasteiger partial charge in [0.25, 0.3) is 0 Å². The van der Waals surface area contributed by atoms with Crippen molar-refractivity contribution in [2.75, 3.05) is 20.1 Å². The van der Waals surface area contributed by atoms with Gasteiger partial charge in [0.2, 0.25) is 0 Å². The maximum Gasteiger partial charge on any atom is 0.162 e. The molecule has 0 aromatic heterocycles. The average molecular weight is 510 g/mol. The number of nitrogens with zero attached hydrogens (tertiary/aromatic N) is 1. The Labute approximate surface area is 225 Å². The van der Waals surface area contributed by atoms with Crippen LogP contribution >= 0.6 is 0 Å². The summed E-state index contributed by atoms with van der Waals surface area (Å²) in [6, 6.07) is 0. The van der Waals surface area contributed by atoms with Crippen LogP contribution in [0.5, 0.6) is 0 Å². The highest BCUT2D eigenvalue weighted by molar-refractivity contribution is 6.00. The molecule has 0 aromatic rings. The van der Waals surface area contributed by atoms with E-state index < -0.39 is 5.60 Å². The van der Waals surface area contributed by atoms with Crippen molar-refractivity contribution in [1.29, 1.82) is 0 Å². The second-order valence-electron chi connectivity index (χ2n) is 14.7. The maximum atomic E-state index is 14.5. The lowest BCUT2D eigenvalue weighted by atomic mass is 9.32. The Bertz CT molecular complexity index is 998. The second kappa shape index (κ2) is 8.77. The number of Topliss-reactive ketones (excluding diaryl/α,β-unsaturated/α-hetero) is 1. The first-order chi connectivity index (χ1) is 17.6. The highest BCUT2D eigenvalue weighted by atomic mass is 16.3. The molecule has 7 rings (SSSR count). The number of carbonyl (C=O) groups excluding carboxylic acids is 1. The third-order valence-electron chi connectivity index (χ3n) is 13.1. The van der Waals surface area contributed by atoms with Gasteiger partial charge in [-0.05, 0) is 95.1 Å². The van der Waals surface area contributed by atoms with Gasteiger partial charge in [0.05, 0.1) is 11.7 Å². The first-order valence-corrected chi connectivity index (χ1v) is 15.6. The molecular formula is C33H51NO3. The number of hydrogen-bond acceptors (Lipinski definition) is 4. The Hall–Kier alpha value is -0.970. The molecule has 4 nitrogen and oxygen atoms in total. The smallest absolute Gasteiger partial charge is 0.162 e. The summed E-state index contributed by atoms with van der Waals surface area (Å²) in [5, 5.41) is 23.2. The van der Waals surface area contributed by atoms with Crippen LogP contribution in [0.2, 0.25) is 0 Å². The number of fused-ring (bicyclic) bond motifs is 1. The van der Waals surface area contributed by atoms with Gasteiger partial charge >= 0.3 is 0 Å². The van der Waals surface area contributed by atoms with Crippen LogP contribution in [0.1, 0.15) is 104 Å². The zero-order valence-corrected chi connectivity index (χ0v) is 23.9. The van der Waals surface area contributed by atoms with Gasteiger partial charge in [-0.1, -0.05) is 58.3 Å². The molecule has 2 spiro atoms. The first-order valence-electron chi connectivity index (χ1n) is 15.6. The minimum atomic E-state index is -0.718. The molecule has 4 heteroatoms. The molecule has 2 N–H and O–H groups in total. The number of hydrogen-bond donors (Lipinski definition) is 2. The van der Waals surface area contributed by atoms with Crippen LogP contribution in [-0.4, -0.2) is 52.7 Å². The topological polar surface area (TPSA) is 60.8 Å². The van der Waals surface area contributed by atoms with Crippen molar-refractivity contribution in [2.24, 2.45) is 39.4 Å². The van der Waals surface area contributed by atoms with Crippen LogP contribution in [0.25, 0.3) is 0 Å². The Kier molecular flexibility index (Phi) is 6.22. The molecule has 0 heterocycles. The number of rotatable bonds is 6. The molecular weight excluding hydrogens is 458 g/mol. The van der Waals surface area contributed by atoms with Crippen molar-refractivity contribution in [2.45, 2.75) is 116 Å². The summed E-state index contributed by atoms with van der Waals surface area (Å²) < 4.78 is 0. The minimum Gasteiger partial charge on any atom is -0.393 e. The molecule has 0 saturated heterocycles. The van der Waals surface area contributed by atoms with Crippen molar-refractivity contribution in [3.63, 3.8) is 0 Å². The summed E-state index contributed by atoms with van der Waals surface area (Å²) in [6.07, 6.45) is 20.4. The van der Waals surface area contributed by atoms with Crippen LogP contribution in [-0.2, 0) is 4.79 Å².